The Morgan fingerprint density at radius 2 is 1.27 bits per heavy atom. The molecule has 6 heteroatoms. The van der Waals surface area contributed by atoms with Gasteiger partial charge in [-0.25, -0.2) is 4.79 Å². The molecule has 0 fully saturated rings. The van der Waals surface area contributed by atoms with E-state index < -0.39 is 5.97 Å². The molecule has 0 bridgehead atoms. The van der Waals surface area contributed by atoms with E-state index in [0.29, 0.717) is 34.1 Å². The van der Waals surface area contributed by atoms with Crippen molar-refractivity contribution in [2.75, 3.05) is 35.5 Å². The molecule has 0 spiro atoms. The van der Waals surface area contributed by atoms with Gasteiger partial charge < -0.3 is 23.7 Å². The largest absolute Gasteiger partial charge is 0.493 e. The molecule has 0 aliphatic heterocycles. The van der Waals surface area contributed by atoms with Gasteiger partial charge in [0.15, 0.2) is 23.0 Å². The molecule has 0 aliphatic carbocycles. The van der Waals surface area contributed by atoms with Gasteiger partial charge in [0.05, 0.1) is 41.1 Å². The average Bonchev–Trinajstić information content (AvgIpc) is 2.70. The molecule has 2 rings (SSSR count). The van der Waals surface area contributed by atoms with Crippen LogP contribution in [0.15, 0.2) is 36.4 Å². The summed E-state index contributed by atoms with van der Waals surface area (Å²) in [4.78, 5) is 12.3. The zero-order valence-electron chi connectivity index (χ0n) is 15.5. The average molecular weight is 358 g/mol. The summed E-state index contributed by atoms with van der Waals surface area (Å²) in [5.74, 6) is 1.80. The SMILES string of the molecule is COC(=O)/C(=C\c1ccc(OC)c(OC)c1)c1ccc(OC)c(OC)c1. The van der Waals surface area contributed by atoms with Crippen LogP contribution in [0, 0.1) is 0 Å². The minimum Gasteiger partial charge on any atom is -0.493 e. The molecular weight excluding hydrogens is 336 g/mol. The Kier molecular flexibility index (Phi) is 6.49. The zero-order chi connectivity index (χ0) is 19.1. The number of rotatable bonds is 7. The van der Waals surface area contributed by atoms with Crippen LogP contribution < -0.4 is 18.9 Å². The first-order valence-electron chi connectivity index (χ1n) is 7.82. The van der Waals surface area contributed by atoms with Crippen LogP contribution >= 0.6 is 0 Å². The topological polar surface area (TPSA) is 63.2 Å². The fraction of sp³-hybridized carbons (Fsp3) is 0.250. The number of hydrogen-bond donors (Lipinski definition) is 0. The number of methoxy groups -OCH3 is 5. The Balaban J connectivity index is 2.55. The third kappa shape index (κ3) is 4.08. The zero-order valence-corrected chi connectivity index (χ0v) is 15.5. The molecule has 138 valence electrons. The first-order chi connectivity index (χ1) is 12.6. The lowest BCUT2D eigenvalue weighted by Crippen LogP contribution is -2.04. The number of carbonyl (C=O) groups is 1. The predicted octanol–water partition coefficient (Wildman–Crippen LogP) is 3.43. The molecule has 0 unspecified atom stereocenters. The molecule has 0 heterocycles. The van der Waals surface area contributed by atoms with E-state index in [-0.39, 0.29) is 0 Å². The highest BCUT2D eigenvalue weighted by molar-refractivity contribution is 6.21. The molecule has 0 saturated heterocycles. The second-order valence-electron chi connectivity index (χ2n) is 5.23. The van der Waals surface area contributed by atoms with Crippen molar-refractivity contribution < 1.29 is 28.5 Å². The highest BCUT2D eigenvalue weighted by Crippen LogP contribution is 2.33. The van der Waals surface area contributed by atoms with Crippen molar-refractivity contribution in [3.05, 3.63) is 47.5 Å². The number of esters is 1. The Labute approximate surface area is 152 Å². The molecule has 0 saturated carbocycles. The molecule has 0 aromatic heterocycles. The number of carbonyl (C=O) groups excluding carboxylic acids is 1. The van der Waals surface area contributed by atoms with Gasteiger partial charge in [0, 0.05) is 0 Å². The quantitative estimate of drug-likeness (QED) is 0.429. The van der Waals surface area contributed by atoms with Gasteiger partial charge in [-0.1, -0.05) is 12.1 Å². The predicted molar refractivity (Wildman–Crippen MR) is 99.0 cm³/mol. The fourth-order valence-corrected chi connectivity index (χ4v) is 2.48. The van der Waals surface area contributed by atoms with E-state index in [1.54, 1.807) is 57.7 Å². The maximum atomic E-state index is 12.3. The lowest BCUT2D eigenvalue weighted by atomic mass is 10.0. The fourth-order valence-electron chi connectivity index (χ4n) is 2.48. The lowest BCUT2D eigenvalue weighted by molar-refractivity contribution is -0.133. The second-order valence-corrected chi connectivity index (χ2v) is 5.23. The third-order valence-corrected chi connectivity index (χ3v) is 3.82. The Morgan fingerprint density at radius 3 is 1.81 bits per heavy atom. The highest BCUT2D eigenvalue weighted by Gasteiger charge is 2.16. The van der Waals surface area contributed by atoms with Gasteiger partial charge in [-0.05, 0) is 41.5 Å². The first kappa shape index (κ1) is 19.2. The van der Waals surface area contributed by atoms with E-state index in [9.17, 15) is 4.79 Å². The normalized spacial score (nSPS) is 10.9. The lowest BCUT2D eigenvalue weighted by Gasteiger charge is -2.12. The minimum atomic E-state index is -0.466. The number of hydrogen-bond acceptors (Lipinski definition) is 6. The summed E-state index contributed by atoms with van der Waals surface area (Å²) >= 11 is 0. The van der Waals surface area contributed by atoms with Crippen LogP contribution in [0.4, 0.5) is 0 Å². The standard InChI is InChI=1S/C20H22O6/c1-22-16-8-6-13(11-18(16)24-3)10-15(20(21)26-5)14-7-9-17(23-2)19(12-14)25-4/h6-12H,1-5H3/b15-10-. The second kappa shape index (κ2) is 8.80. The van der Waals surface area contributed by atoms with Gasteiger partial charge >= 0.3 is 5.97 Å². The molecule has 0 amide bonds. The minimum absolute atomic E-state index is 0.376. The Morgan fingerprint density at radius 1 is 0.731 bits per heavy atom. The third-order valence-electron chi connectivity index (χ3n) is 3.82. The van der Waals surface area contributed by atoms with Gasteiger partial charge in [0.1, 0.15) is 0 Å². The number of ether oxygens (including phenoxy) is 5. The Bertz CT molecular complexity index is 810. The first-order valence-corrected chi connectivity index (χ1v) is 7.82. The maximum Gasteiger partial charge on any atom is 0.338 e. The van der Waals surface area contributed by atoms with E-state index >= 15 is 0 Å². The van der Waals surface area contributed by atoms with Crippen molar-refractivity contribution in [1.29, 1.82) is 0 Å². The van der Waals surface area contributed by atoms with Crippen LogP contribution in [-0.2, 0) is 9.53 Å². The Hall–Kier alpha value is -3.15. The summed E-state index contributed by atoms with van der Waals surface area (Å²) in [6, 6.07) is 10.6. The van der Waals surface area contributed by atoms with E-state index in [4.69, 9.17) is 23.7 Å². The van der Waals surface area contributed by atoms with Gasteiger partial charge in [-0.2, -0.15) is 0 Å². The highest BCUT2D eigenvalue weighted by atomic mass is 16.5. The molecule has 0 atom stereocenters. The van der Waals surface area contributed by atoms with Crippen molar-refractivity contribution >= 4 is 17.6 Å². The summed E-state index contributed by atoms with van der Waals surface area (Å²) < 4.78 is 26.0. The van der Waals surface area contributed by atoms with Crippen molar-refractivity contribution in [3.63, 3.8) is 0 Å². The van der Waals surface area contributed by atoms with E-state index in [1.165, 1.54) is 14.2 Å². The van der Waals surface area contributed by atoms with Crippen molar-refractivity contribution in [2.45, 2.75) is 0 Å². The van der Waals surface area contributed by atoms with Crippen LogP contribution in [0.2, 0.25) is 0 Å². The van der Waals surface area contributed by atoms with Gasteiger partial charge in [0.2, 0.25) is 0 Å². The van der Waals surface area contributed by atoms with Crippen LogP contribution in [0.1, 0.15) is 11.1 Å². The number of benzene rings is 2. The van der Waals surface area contributed by atoms with Crippen LogP contribution in [0.5, 0.6) is 23.0 Å². The maximum absolute atomic E-state index is 12.3. The molecular formula is C20H22O6. The summed E-state index contributed by atoms with van der Waals surface area (Å²) in [7, 11) is 7.55. The molecule has 2 aromatic rings. The van der Waals surface area contributed by atoms with Gasteiger partial charge in [-0.15, -0.1) is 0 Å². The molecule has 0 radical (unpaired) electrons. The summed E-state index contributed by atoms with van der Waals surface area (Å²) in [6.07, 6.45) is 1.72. The van der Waals surface area contributed by atoms with Crippen molar-refractivity contribution in [3.8, 4) is 23.0 Å². The van der Waals surface area contributed by atoms with Gasteiger partial charge in [-0.3, -0.25) is 0 Å². The van der Waals surface area contributed by atoms with Crippen molar-refractivity contribution in [2.24, 2.45) is 0 Å². The van der Waals surface area contributed by atoms with Crippen LogP contribution in [0.25, 0.3) is 11.6 Å². The molecule has 2 aromatic carbocycles. The molecule has 26 heavy (non-hydrogen) atoms. The molecule has 6 nitrogen and oxygen atoms in total. The van der Waals surface area contributed by atoms with E-state index in [1.807, 2.05) is 6.07 Å². The van der Waals surface area contributed by atoms with Crippen LogP contribution in [0.3, 0.4) is 0 Å². The summed E-state index contributed by atoms with van der Waals surface area (Å²) in [5, 5.41) is 0. The summed E-state index contributed by atoms with van der Waals surface area (Å²) in [5.41, 5.74) is 1.78. The molecule has 0 aliphatic rings. The molecule has 0 N–H and O–H groups in total. The smallest absolute Gasteiger partial charge is 0.338 e. The van der Waals surface area contributed by atoms with E-state index in [2.05, 4.69) is 0 Å². The van der Waals surface area contributed by atoms with E-state index in [0.717, 1.165) is 5.56 Å². The van der Waals surface area contributed by atoms with Crippen LogP contribution in [-0.4, -0.2) is 41.5 Å². The van der Waals surface area contributed by atoms with Gasteiger partial charge in [0.25, 0.3) is 0 Å². The van der Waals surface area contributed by atoms with Crippen molar-refractivity contribution in [1.82, 2.24) is 0 Å². The summed E-state index contributed by atoms with van der Waals surface area (Å²) in [6.45, 7) is 0. The monoisotopic (exact) mass is 358 g/mol.